The van der Waals surface area contributed by atoms with Crippen molar-refractivity contribution in [3.8, 4) is 11.3 Å². The summed E-state index contributed by atoms with van der Waals surface area (Å²) in [5, 5.41) is 3.49. The molecule has 0 unspecified atom stereocenters. The monoisotopic (exact) mass is 387 g/mol. The van der Waals surface area contributed by atoms with Crippen LogP contribution in [0.5, 0.6) is 0 Å². The second-order valence-electron chi connectivity index (χ2n) is 6.47. The Morgan fingerprint density at radius 1 is 1.11 bits per heavy atom. The van der Waals surface area contributed by atoms with Crippen LogP contribution in [-0.2, 0) is 4.79 Å². The highest BCUT2D eigenvalue weighted by molar-refractivity contribution is 6.32. The number of hydrogen-bond acceptors (Lipinski definition) is 2. The third kappa shape index (κ3) is 3.82. The van der Waals surface area contributed by atoms with Gasteiger partial charge in [-0.3, -0.25) is 4.79 Å². The van der Waals surface area contributed by atoms with Crippen molar-refractivity contribution in [2.24, 2.45) is 0 Å². The summed E-state index contributed by atoms with van der Waals surface area (Å²) in [6.45, 7) is 2.04. The molecule has 0 bridgehead atoms. The molecule has 1 amide bonds. The summed E-state index contributed by atoms with van der Waals surface area (Å²) in [6, 6.07) is 19.1. The number of nitrogens with one attached hydrogen (secondary N) is 1. The van der Waals surface area contributed by atoms with Gasteiger partial charge in [-0.1, -0.05) is 48.0 Å². The number of pyridine rings is 1. The van der Waals surface area contributed by atoms with Crippen LogP contribution in [0, 0.1) is 6.92 Å². The van der Waals surface area contributed by atoms with E-state index in [4.69, 9.17) is 16.6 Å². The number of amides is 1. The zero-order valence-electron chi connectivity index (χ0n) is 15.3. The Balaban J connectivity index is 1.54. The molecule has 0 saturated heterocycles. The van der Waals surface area contributed by atoms with Crippen molar-refractivity contribution in [1.82, 2.24) is 9.38 Å². The number of nitrogens with zero attached hydrogens (tertiary/aromatic N) is 2. The summed E-state index contributed by atoms with van der Waals surface area (Å²) in [4.78, 5) is 17.0. The highest BCUT2D eigenvalue weighted by Gasteiger charge is 2.07. The molecule has 0 radical (unpaired) electrons. The zero-order valence-corrected chi connectivity index (χ0v) is 16.0. The van der Waals surface area contributed by atoms with Crippen LogP contribution in [0.1, 0.15) is 11.1 Å². The maximum Gasteiger partial charge on any atom is 0.248 e. The van der Waals surface area contributed by atoms with Gasteiger partial charge < -0.3 is 9.72 Å². The first-order valence-corrected chi connectivity index (χ1v) is 9.26. The Kier molecular flexibility index (Phi) is 4.96. The van der Waals surface area contributed by atoms with E-state index in [1.807, 2.05) is 78.3 Å². The average Bonchev–Trinajstić information content (AvgIpc) is 3.13. The fourth-order valence-electron chi connectivity index (χ4n) is 3.01. The maximum atomic E-state index is 12.3. The number of benzene rings is 2. The molecule has 0 aliphatic heterocycles. The molecule has 1 N–H and O–H groups in total. The Labute approximate surface area is 168 Å². The van der Waals surface area contributed by atoms with Crippen molar-refractivity contribution >= 4 is 34.9 Å². The predicted molar refractivity (Wildman–Crippen MR) is 114 cm³/mol. The predicted octanol–water partition coefficient (Wildman–Crippen LogP) is 5.62. The molecule has 0 spiro atoms. The van der Waals surface area contributed by atoms with Gasteiger partial charge in [-0.25, -0.2) is 4.98 Å². The van der Waals surface area contributed by atoms with Gasteiger partial charge in [0.2, 0.25) is 5.91 Å². The first-order valence-electron chi connectivity index (χ1n) is 8.88. The molecule has 138 valence electrons. The third-order valence-electron chi connectivity index (χ3n) is 4.42. The number of halogens is 1. The summed E-state index contributed by atoms with van der Waals surface area (Å²) >= 11 is 6.11. The second-order valence-corrected chi connectivity index (χ2v) is 6.88. The number of carbonyl (C=O) groups is 1. The van der Waals surface area contributed by atoms with Crippen LogP contribution in [-0.4, -0.2) is 15.3 Å². The van der Waals surface area contributed by atoms with E-state index in [2.05, 4.69) is 5.32 Å². The van der Waals surface area contributed by atoms with Crippen LogP contribution in [0.15, 0.2) is 79.1 Å². The molecular weight excluding hydrogens is 370 g/mol. The molecule has 28 heavy (non-hydrogen) atoms. The Hall–Kier alpha value is -3.37. The number of imidazole rings is 1. The minimum absolute atomic E-state index is 0.220. The average molecular weight is 388 g/mol. The molecular formula is C23H18ClN3O. The van der Waals surface area contributed by atoms with E-state index in [1.54, 1.807) is 12.1 Å². The van der Waals surface area contributed by atoms with Crippen LogP contribution in [0.2, 0.25) is 5.02 Å². The van der Waals surface area contributed by atoms with Crippen LogP contribution in [0.3, 0.4) is 0 Å². The van der Waals surface area contributed by atoms with Crippen molar-refractivity contribution in [1.29, 1.82) is 0 Å². The highest BCUT2D eigenvalue weighted by Crippen LogP contribution is 2.23. The lowest BCUT2D eigenvalue weighted by Crippen LogP contribution is -2.07. The molecule has 4 rings (SSSR count). The smallest absolute Gasteiger partial charge is 0.248 e. The van der Waals surface area contributed by atoms with Crippen LogP contribution >= 0.6 is 11.6 Å². The van der Waals surface area contributed by atoms with Gasteiger partial charge in [-0.15, -0.1) is 0 Å². The van der Waals surface area contributed by atoms with Crippen LogP contribution in [0.4, 0.5) is 5.69 Å². The number of aromatic nitrogens is 2. The van der Waals surface area contributed by atoms with Gasteiger partial charge in [-0.2, -0.15) is 0 Å². The normalized spacial score (nSPS) is 11.2. The van der Waals surface area contributed by atoms with Gasteiger partial charge in [-0.05, 0) is 48.4 Å². The summed E-state index contributed by atoms with van der Waals surface area (Å²) in [5.74, 6) is -0.220. The largest absolute Gasteiger partial charge is 0.322 e. The van der Waals surface area contributed by atoms with Crippen LogP contribution in [0.25, 0.3) is 23.0 Å². The minimum Gasteiger partial charge on any atom is -0.322 e. The van der Waals surface area contributed by atoms with Crippen molar-refractivity contribution in [3.63, 3.8) is 0 Å². The van der Waals surface area contributed by atoms with Gasteiger partial charge in [0.15, 0.2) is 0 Å². The van der Waals surface area contributed by atoms with E-state index < -0.39 is 0 Å². The fraction of sp³-hybridized carbons (Fsp3) is 0.0435. The standard InChI is InChI=1S/C23H18ClN3O/c1-16-6-5-13-27-15-21(26-23(16)27)18-8-4-9-19(14-18)25-22(28)12-11-17-7-2-3-10-20(17)24/h2-15H,1H3,(H,25,28)/b12-11+. The number of rotatable bonds is 4. The van der Waals surface area contributed by atoms with Crippen molar-refractivity contribution in [2.75, 3.05) is 5.32 Å². The number of anilines is 1. The lowest BCUT2D eigenvalue weighted by molar-refractivity contribution is -0.111. The molecule has 0 aliphatic carbocycles. The number of carbonyl (C=O) groups excluding carboxylic acids is 1. The summed E-state index contributed by atoms with van der Waals surface area (Å²) in [6.07, 6.45) is 7.14. The third-order valence-corrected chi connectivity index (χ3v) is 4.77. The Morgan fingerprint density at radius 2 is 1.96 bits per heavy atom. The van der Waals surface area contributed by atoms with Crippen molar-refractivity contribution in [2.45, 2.75) is 6.92 Å². The summed E-state index contributed by atoms with van der Waals surface area (Å²) < 4.78 is 2.00. The fourth-order valence-corrected chi connectivity index (χ4v) is 3.21. The summed E-state index contributed by atoms with van der Waals surface area (Å²) in [5.41, 5.74) is 5.35. The lowest BCUT2D eigenvalue weighted by Gasteiger charge is -2.04. The van der Waals surface area contributed by atoms with E-state index in [-0.39, 0.29) is 5.91 Å². The van der Waals surface area contributed by atoms with E-state index >= 15 is 0 Å². The number of aryl methyl sites for hydroxylation is 1. The quantitative estimate of drug-likeness (QED) is 0.462. The Morgan fingerprint density at radius 3 is 2.79 bits per heavy atom. The SMILES string of the molecule is Cc1cccn2cc(-c3cccc(NC(=O)/C=C/c4ccccc4Cl)c3)nc12. The number of hydrogen-bond donors (Lipinski definition) is 1. The van der Waals surface area contributed by atoms with Crippen molar-refractivity contribution in [3.05, 3.63) is 95.3 Å². The van der Waals surface area contributed by atoms with E-state index in [1.165, 1.54) is 6.08 Å². The van der Waals surface area contributed by atoms with Gasteiger partial charge in [0.1, 0.15) is 5.65 Å². The maximum absolute atomic E-state index is 12.3. The molecule has 0 aliphatic rings. The van der Waals surface area contributed by atoms with Gasteiger partial charge in [0.25, 0.3) is 0 Å². The molecule has 2 aromatic heterocycles. The molecule has 4 aromatic rings. The highest BCUT2D eigenvalue weighted by atomic mass is 35.5. The van der Waals surface area contributed by atoms with E-state index in [0.717, 1.165) is 28.0 Å². The number of fused-ring (bicyclic) bond motifs is 1. The van der Waals surface area contributed by atoms with Crippen LogP contribution < -0.4 is 5.32 Å². The summed E-state index contributed by atoms with van der Waals surface area (Å²) in [7, 11) is 0. The topological polar surface area (TPSA) is 46.4 Å². The van der Waals surface area contributed by atoms with Gasteiger partial charge in [0.05, 0.1) is 5.69 Å². The van der Waals surface area contributed by atoms with Crippen molar-refractivity contribution < 1.29 is 4.79 Å². The first kappa shape index (κ1) is 18.0. The first-order chi connectivity index (χ1) is 13.6. The molecule has 5 heteroatoms. The van der Waals surface area contributed by atoms with Gasteiger partial charge >= 0.3 is 0 Å². The second kappa shape index (κ2) is 7.71. The molecule has 0 fully saturated rings. The van der Waals surface area contributed by atoms with Gasteiger partial charge in [0, 0.05) is 34.7 Å². The zero-order chi connectivity index (χ0) is 19.5. The molecule has 0 saturated carbocycles. The molecule has 2 aromatic carbocycles. The molecule has 2 heterocycles. The molecule has 0 atom stereocenters. The minimum atomic E-state index is -0.220. The van der Waals surface area contributed by atoms with E-state index in [9.17, 15) is 4.79 Å². The molecule has 4 nitrogen and oxygen atoms in total. The van der Waals surface area contributed by atoms with E-state index in [0.29, 0.717) is 10.7 Å². The lowest BCUT2D eigenvalue weighted by atomic mass is 10.1. The Bertz CT molecular complexity index is 1190.